The first-order valence-corrected chi connectivity index (χ1v) is 5.97. The summed E-state index contributed by atoms with van der Waals surface area (Å²) in [6.07, 6.45) is 0. The number of urea groups is 1. The van der Waals surface area contributed by atoms with Crippen molar-refractivity contribution in [3.8, 4) is 5.75 Å². The molecule has 0 aliphatic carbocycles. The Morgan fingerprint density at radius 1 is 1.42 bits per heavy atom. The molecule has 0 fully saturated rings. The van der Waals surface area contributed by atoms with E-state index in [4.69, 9.17) is 10.5 Å². The molecule has 0 spiro atoms. The number of rotatable bonds is 5. The summed E-state index contributed by atoms with van der Waals surface area (Å²) in [7, 11) is 1.58. The third-order valence-electron chi connectivity index (χ3n) is 2.56. The van der Waals surface area contributed by atoms with Crippen molar-refractivity contribution in [1.82, 2.24) is 10.2 Å². The first-order valence-electron chi connectivity index (χ1n) is 5.97. The van der Waals surface area contributed by atoms with Crippen LogP contribution in [-0.2, 0) is 11.3 Å². The van der Waals surface area contributed by atoms with E-state index in [0.29, 0.717) is 6.54 Å². The fourth-order valence-corrected chi connectivity index (χ4v) is 1.59. The van der Waals surface area contributed by atoms with Crippen LogP contribution in [0.4, 0.5) is 4.79 Å². The van der Waals surface area contributed by atoms with Crippen LogP contribution in [0.15, 0.2) is 24.3 Å². The van der Waals surface area contributed by atoms with Crippen LogP contribution in [0.2, 0.25) is 0 Å². The Bertz CT molecular complexity index is 449. The minimum atomic E-state index is -0.444. The molecule has 0 heterocycles. The number of nitrogens with zero attached hydrogens (tertiary/aromatic N) is 1. The predicted octanol–water partition coefficient (Wildman–Crippen LogP) is 0.712. The molecule has 0 aromatic heterocycles. The first-order chi connectivity index (χ1) is 9.08. The fraction of sp³-hybridized carbons (Fsp3) is 0.385. The molecule has 104 valence electrons. The van der Waals surface area contributed by atoms with Gasteiger partial charge in [0.1, 0.15) is 5.75 Å². The summed E-state index contributed by atoms with van der Waals surface area (Å²) in [5.74, 6) is 0.394. The third kappa shape index (κ3) is 4.59. The van der Waals surface area contributed by atoms with E-state index in [2.05, 4.69) is 5.32 Å². The number of ether oxygens (including phenoxy) is 1. The Labute approximate surface area is 112 Å². The van der Waals surface area contributed by atoms with Gasteiger partial charge < -0.3 is 15.8 Å². The van der Waals surface area contributed by atoms with Crippen LogP contribution in [0.25, 0.3) is 0 Å². The topological polar surface area (TPSA) is 84.7 Å². The number of amides is 3. The van der Waals surface area contributed by atoms with Gasteiger partial charge in [-0.1, -0.05) is 12.1 Å². The minimum absolute atomic E-state index is 0.208. The summed E-state index contributed by atoms with van der Waals surface area (Å²) in [6, 6.07) is 6.90. The lowest BCUT2D eigenvalue weighted by Crippen LogP contribution is -2.44. The van der Waals surface area contributed by atoms with E-state index in [-0.39, 0.29) is 19.0 Å². The summed E-state index contributed by atoms with van der Waals surface area (Å²) in [4.78, 5) is 24.2. The van der Waals surface area contributed by atoms with E-state index in [9.17, 15) is 9.59 Å². The number of hydrogen-bond donors (Lipinski definition) is 2. The molecule has 3 N–H and O–H groups in total. The molecule has 0 radical (unpaired) electrons. The van der Waals surface area contributed by atoms with Crippen LogP contribution in [-0.4, -0.2) is 37.0 Å². The van der Waals surface area contributed by atoms with E-state index >= 15 is 0 Å². The molecule has 1 rings (SSSR count). The molecule has 0 aliphatic rings. The standard InChI is InChI=1S/C13H19N3O3/c1-10(17)16(7-6-14)13(18)15-9-11-4-3-5-12(8-11)19-2/h3-5,8H,6-7,9,14H2,1-2H3,(H,15,18). The quantitative estimate of drug-likeness (QED) is 0.821. The lowest BCUT2D eigenvalue weighted by molar-refractivity contribution is -0.125. The molecule has 0 unspecified atom stereocenters. The van der Waals surface area contributed by atoms with Gasteiger partial charge in [-0.05, 0) is 17.7 Å². The minimum Gasteiger partial charge on any atom is -0.497 e. The molecule has 3 amide bonds. The highest BCUT2D eigenvalue weighted by Gasteiger charge is 2.16. The Morgan fingerprint density at radius 2 is 2.16 bits per heavy atom. The normalized spacial score (nSPS) is 9.84. The molecule has 0 aliphatic heterocycles. The number of nitrogens with two attached hydrogens (primary N) is 1. The smallest absolute Gasteiger partial charge is 0.324 e. The maximum atomic E-state index is 11.8. The highest BCUT2D eigenvalue weighted by Crippen LogP contribution is 2.12. The van der Waals surface area contributed by atoms with E-state index in [0.717, 1.165) is 16.2 Å². The van der Waals surface area contributed by atoms with Crippen molar-refractivity contribution in [2.45, 2.75) is 13.5 Å². The summed E-state index contributed by atoms with van der Waals surface area (Å²) in [6.45, 7) is 2.11. The highest BCUT2D eigenvalue weighted by atomic mass is 16.5. The number of hydrogen-bond acceptors (Lipinski definition) is 4. The molecule has 6 nitrogen and oxygen atoms in total. The van der Waals surface area contributed by atoms with Crippen LogP contribution in [0, 0.1) is 0 Å². The molecular weight excluding hydrogens is 246 g/mol. The van der Waals surface area contributed by atoms with Crippen molar-refractivity contribution in [3.05, 3.63) is 29.8 Å². The van der Waals surface area contributed by atoms with Crippen LogP contribution >= 0.6 is 0 Å². The largest absolute Gasteiger partial charge is 0.497 e. The Kier molecular flexibility index (Phi) is 5.81. The van der Waals surface area contributed by atoms with E-state index in [1.807, 2.05) is 24.3 Å². The van der Waals surface area contributed by atoms with Gasteiger partial charge in [-0.2, -0.15) is 0 Å². The molecule has 0 bridgehead atoms. The van der Waals surface area contributed by atoms with Gasteiger partial charge in [0.25, 0.3) is 0 Å². The maximum Gasteiger partial charge on any atom is 0.324 e. The zero-order valence-electron chi connectivity index (χ0n) is 11.2. The van der Waals surface area contributed by atoms with Crippen LogP contribution < -0.4 is 15.8 Å². The Hall–Kier alpha value is -2.08. The average Bonchev–Trinajstić information content (AvgIpc) is 2.42. The Balaban J connectivity index is 2.59. The zero-order chi connectivity index (χ0) is 14.3. The monoisotopic (exact) mass is 265 g/mol. The second-order valence-corrected chi connectivity index (χ2v) is 3.97. The summed E-state index contributed by atoms with van der Waals surface area (Å²) >= 11 is 0. The van der Waals surface area contributed by atoms with Gasteiger partial charge in [-0.3, -0.25) is 9.69 Å². The molecular formula is C13H19N3O3. The van der Waals surface area contributed by atoms with Crippen molar-refractivity contribution >= 4 is 11.9 Å². The molecule has 1 aromatic rings. The second kappa shape index (κ2) is 7.38. The fourth-order valence-electron chi connectivity index (χ4n) is 1.59. The van der Waals surface area contributed by atoms with Gasteiger partial charge >= 0.3 is 6.03 Å². The third-order valence-corrected chi connectivity index (χ3v) is 2.56. The lowest BCUT2D eigenvalue weighted by atomic mass is 10.2. The van der Waals surface area contributed by atoms with Gasteiger partial charge in [-0.15, -0.1) is 0 Å². The second-order valence-electron chi connectivity index (χ2n) is 3.97. The van der Waals surface area contributed by atoms with Gasteiger partial charge in [0.05, 0.1) is 7.11 Å². The Morgan fingerprint density at radius 3 is 2.74 bits per heavy atom. The maximum absolute atomic E-state index is 11.8. The zero-order valence-corrected chi connectivity index (χ0v) is 11.2. The van der Waals surface area contributed by atoms with Gasteiger partial charge in [-0.25, -0.2) is 4.79 Å². The van der Waals surface area contributed by atoms with Crippen molar-refractivity contribution < 1.29 is 14.3 Å². The average molecular weight is 265 g/mol. The molecule has 0 saturated heterocycles. The number of nitrogens with one attached hydrogen (secondary N) is 1. The van der Waals surface area contributed by atoms with E-state index in [1.54, 1.807) is 7.11 Å². The SMILES string of the molecule is COc1cccc(CNC(=O)N(CCN)C(C)=O)c1. The van der Waals surface area contributed by atoms with Gasteiger partial charge in [0, 0.05) is 26.6 Å². The van der Waals surface area contributed by atoms with Crippen LogP contribution in [0.5, 0.6) is 5.75 Å². The number of carbonyl (C=O) groups excluding carboxylic acids is 2. The summed E-state index contributed by atoms with van der Waals surface area (Å²) < 4.78 is 5.09. The summed E-state index contributed by atoms with van der Waals surface area (Å²) in [5, 5.41) is 2.67. The van der Waals surface area contributed by atoms with Gasteiger partial charge in [0.2, 0.25) is 5.91 Å². The number of imide groups is 1. The van der Waals surface area contributed by atoms with Crippen molar-refractivity contribution in [3.63, 3.8) is 0 Å². The number of carbonyl (C=O) groups is 2. The van der Waals surface area contributed by atoms with Crippen molar-refractivity contribution in [2.75, 3.05) is 20.2 Å². The lowest BCUT2D eigenvalue weighted by Gasteiger charge is -2.18. The number of methoxy groups -OCH3 is 1. The van der Waals surface area contributed by atoms with Crippen molar-refractivity contribution in [2.24, 2.45) is 5.73 Å². The number of benzene rings is 1. The van der Waals surface area contributed by atoms with Crippen LogP contribution in [0.1, 0.15) is 12.5 Å². The van der Waals surface area contributed by atoms with Gasteiger partial charge in [0.15, 0.2) is 0 Å². The highest BCUT2D eigenvalue weighted by molar-refractivity contribution is 5.93. The molecule has 1 aromatic carbocycles. The van der Waals surface area contributed by atoms with E-state index < -0.39 is 6.03 Å². The molecule has 0 atom stereocenters. The van der Waals surface area contributed by atoms with Crippen LogP contribution in [0.3, 0.4) is 0 Å². The molecule has 6 heteroatoms. The van der Waals surface area contributed by atoms with Crippen molar-refractivity contribution in [1.29, 1.82) is 0 Å². The first kappa shape index (κ1) is 15.0. The van der Waals surface area contributed by atoms with E-state index in [1.165, 1.54) is 6.92 Å². The predicted molar refractivity (Wildman–Crippen MR) is 71.7 cm³/mol. The molecule has 0 saturated carbocycles. The summed E-state index contributed by atoms with van der Waals surface area (Å²) in [5.41, 5.74) is 6.25. The molecule has 19 heavy (non-hydrogen) atoms.